The summed E-state index contributed by atoms with van der Waals surface area (Å²) in [6.45, 7) is 4.66. The maximum absolute atomic E-state index is 12.8. The highest BCUT2D eigenvalue weighted by Gasteiger charge is 2.32. The van der Waals surface area contributed by atoms with Gasteiger partial charge >= 0.3 is 0 Å². The normalized spacial score (nSPS) is 21.8. The molecular weight excluding hydrogens is 396 g/mol. The molecule has 2 fully saturated rings. The number of nitro groups is 1. The van der Waals surface area contributed by atoms with E-state index < -0.39 is 14.9 Å². The largest absolute Gasteiger partial charge is 0.339 e. The third-order valence-corrected chi connectivity index (χ3v) is 7.67. The number of hydrogen-bond donors (Lipinski definition) is 0. The van der Waals surface area contributed by atoms with Crippen LogP contribution in [0.1, 0.15) is 32.6 Å². The van der Waals surface area contributed by atoms with Gasteiger partial charge in [0.2, 0.25) is 15.9 Å². The van der Waals surface area contributed by atoms with Crippen LogP contribution >= 0.6 is 0 Å². The van der Waals surface area contributed by atoms with Crippen molar-refractivity contribution >= 4 is 21.6 Å². The molecule has 1 amide bonds. The van der Waals surface area contributed by atoms with Crippen molar-refractivity contribution in [1.82, 2.24) is 14.1 Å². The average molecular weight is 425 g/mol. The second-order valence-electron chi connectivity index (χ2n) is 7.58. The number of piperidine rings is 1. The lowest BCUT2D eigenvalue weighted by atomic mass is 10.00. The third kappa shape index (κ3) is 4.93. The first-order valence-corrected chi connectivity index (χ1v) is 11.5. The molecule has 0 aromatic heterocycles. The number of rotatable bonds is 6. The van der Waals surface area contributed by atoms with Gasteiger partial charge in [0.05, 0.1) is 16.4 Å². The molecule has 0 saturated carbocycles. The van der Waals surface area contributed by atoms with E-state index in [1.165, 1.54) is 22.5 Å². The Bertz CT molecular complexity index is 852. The van der Waals surface area contributed by atoms with Gasteiger partial charge in [-0.3, -0.25) is 19.8 Å². The maximum atomic E-state index is 12.8. The summed E-state index contributed by atoms with van der Waals surface area (Å²) in [6, 6.07) is 5.42. The molecule has 0 spiro atoms. The van der Waals surface area contributed by atoms with E-state index in [1.54, 1.807) is 0 Å². The molecule has 2 saturated heterocycles. The Hall–Kier alpha value is -2.04. The number of nitro benzene ring substituents is 1. The van der Waals surface area contributed by atoms with Gasteiger partial charge in [0.15, 0.2) is 0 Å². The van der Waals surface area contributed by atoms with Crippen LogP contribution in [0.25, 0.3) is 0 Å². The number of non-ortho nitro benzene ring substituents is 1. The number of piperazine rings is 1. The molecule has 1 aromatic rings. The van der Waals surface area contributed by atoms with E-state index in [0.717, 1.165) is 38.3 Å². The number of nitrogens with zero attached hydrogens (tertiary/aromatic N) is 4. The van der Waals surface area contributed by atoms with Crippen molar-refractivity contribution in [2.45, 2.75) is 43.5 Å². The van der Waals surface area contributed by atoms with Crippen molar-refractivity contribution in [3.8, 4) is 0 Å². The molecule has 2 aliphatic rings. The number of sulfonamides is 1. The Kier molecular flexibility index (Phi) is 6.86. The first-order chi connectivity index (χ1) is 13.8. The molecule has 1 aromatic carbocycles. The van der Waals surface area contributed by atoms with E-state index in [2.05, 4.69) is 6.92 Å². The lowest BCUT2D eigenvalue weighted by Gasteiger charge is -2.38. The van der Waals surface area contributed by atoms with Crippen LogP contribution < -0.4 is 0 Å². The Labute approximate surface area is 171 Å². The lowest BCUT2D eigenvalue weighted by molar-refractivity contribution is -0.385. The summed E-state index contributed by atoms with van der Waals surface area (Å²) in [4.78, 5) is 27.0. The minimum Gasteiger partial charge on any atom is -0.339 e. The quantitative estimate of drug-likeness (QED) is 0.508. The minimum atomic E-state index is -3.80. The van der Waals surface area contributed by atoms with Crippen LogP contribution in [0.4, 0.5) is 5.69 Å². The molecule has 0 radical (unpaired) electrons. The van der Waals surface area contributed by atoms with Crippen molar-refractivity contribution in [2.24, 2.45) is 0 Å². The number of carbonyl (C=O) groups excluding carboxylic acids is 1. The van der Waals surface area contributed by atoms with Crippen molar-refractivity contribution in [2.75, 3.05) is 39.3 Å². The number of carbonyl (C=O) groups is 1. The van der Waals surface area contributed by atoms with E-state index in [9.17, 15) is 23.3 Å². The number of benzene rings is 1. The Morgan fingerprint density at radius 1 is 1.17 bits per heavy atom. The van der Waals surface area contributed by atoms with Crippen molar-refractivity contribution in [3.63, 3.8) is 0 Å². The molecule has 10 heteroatoms. The van der Waals surface area contributed by atoms with Crippen LogP contribution in [0.3, 0.4) is 0 Å². The zero-order chi connectivity index (χ0) is 21.0. The molecule has 0 unspecified atom stereocenters. The van der Waals surface area contributed by atoms with Crippen LogP contribution in [0.2, 0.25) is 0 Å². The summed E-state index contributed by atoms with van der Waals surface area (Å²) >= 11 is 0. The van der Waals surface area contributed by atoms with E-state index in [-0.39, 0.29) is 29.6 Å². The summed E-state index contributed by atoms with van der Waals surface area (Å²) in [5.41, 5.74) is -0.248. The van der Waals surface area contributed by atoms with Gasteiger partial charge in [-0.15, -0.1) is 0 Å². The van der Waals surface area contributed by atoms with Gasteiger partial charge in [0.25, 0.3) is 5.69 Å². The lowest BCUT2D eigenvalue weighted by Crippen LogP contribution is -2.53. The van der Waals surface area contributed by atoms with Crippen LogP contribution in [0.15, 0.2) is 29.2 Å². The zero-order valence-electron chi connectivity index (χ0n) is 16.7. The summed E-state index contributed by atoms with van der Waals surface area (Å²) in [7, 11) is -3.80. The monoisotopic (exact) mass is 424 g/mol. The smallest absolute Gasteiger partial charge is 0.270 e. The summed E-state index contributed by atoms with van der Waals surface area (Å²) in [5, 5.41) is 10.9. The average Bonchev–Trinajstić information content (AvgIpc) is 2.74. The van der Waals surface area contributed by atoms with Gasteiger partial charge in [-0.2, -0.15) is 4.31 Å². The van der Waals surface area contributed by atoms with Gasteiger partial charge in [0, 0.05) is 50.9 Å². The second-order valence-corrected chi connectivity index (χ2v) is 9.52. The van der Waals surface area contributed by atoms with Gasteiger partial charge in [-0.05, 0) is 31.7 Å². The molecule has 0 aliphatic carbocycles. The van der Waals surface area contributed by atoms with Crippen molar-refractivity contribution in [1.29, 1.82) is 0 Å². The predicted molar refractivity (Wildman–Crippen MR) is 108 cm³/mol. The molecular formula is C19H28N4O5S. The van der Waals surface area contributed by atoms with Crippen LogP contribution in [0, 0.1) is 10.1 Å². The first-order valence-electron chi connectivity index (χ1n) is 10.1. The second kappa shape index (κ2) is 9.19. The Morgan fingerprint density at radius 3 is 2.55 bits per heavy atom. The van der Waals surface area contributed by atoms with E-state index in [0.29, 0.717) is 25.7 Å². The van der Waals surface area contributed by atoms with Gasteiger partial charge in [0.1, 0.15) is 0 Å². The number of likely N-dealkylation sites (tertiary alicyclic amines) is 1. The Morgan fingerprint density at radius 2 is 1.90 bits per heavy atom. The number of amides is 1. The van der Waals surface area contributed by atoms with Crippen molar-refractivity contribution in [3.05, 3.63) is 34.4 Å². The van der Waals surface area contributed by atoms with Gasteiger partial charge in [-0.25, -0.2) is 8.42 Å². The first kappa shape index (κ1) is 21.7. The molecule has 0 N–H and O–H groups in total. The predicted octanol–water partition coefficient (Wildman–Crippen LogP) is 1.69. The molecule has 9 nitrogen and oxygen atoms in total. The molecule has 0 bridgehead atoms. The topological polar surface area (TPSA) is 104 Å². The number of hydrogen-bond acceptors (Lipinski definition) is 6. The van der Waals surface area contributed by atoms with E-state index in [1.807, 2.05) is 9.80 Å². The highest BCUT2D eigenvalue weighted by Crippen LogP contribution is 2.23. The highest BCUT2D eigenvalue weighted by molar-refractivity contribution is 7.89. The molecule has 1 atom stereocenters. The molecule has 3 rings (SSSR count). The van der Waals surface area contributed by atoms with E-state index >= 15 is 0 Å². The Balaban J connectivity index is 1.59. The van der Waals surface area contributed by atoms with E-state index in [4.69, 9.17) is 0 Å². The minimum absolute atomic E-state index is 0.0738. The fourth-order valence-electron chi connectivity index (χ4n) is 4.07. The van der Waals surface area contributed by atoms with Crippen molar-refractivity contribution < 1.29 is 18.1 Å². The molecule has 160 valence electrons. The SMILES string of the molecule is CC[C@H]1CCCCN1C(=O)CN1CCN(S(=O)(=O)c2cccc([N+](=O)[O-])c2)CC1. The standard InChI is InChI=1S/C19H28N4O5S/c1-2-16-6-3-4-9-22(16)19(24)15-20-10-12-21(13-11-20)29(27,28)18-8-5-7-17(14-18)23(25)26/h5,7-8,14,16H,2-4,6,9-13,15H2,1H3/t16-/m0/s1. The zero-order valence-corrected chi connectivity index (χ0v) is 17.5. The van der Waals surface area contributed by atoms with Crippen LogP contribution in [0.5, 0.6) is 0 Å². The van der Waals surface area contributed by atoms with Gasteiger partial charge < -0.3 is 4.90 Å². The van der Waals surface area contributed by atoms with Gasteiger partial charge in [-0.1, -0.05) is 13.0 Å². The third-order valence-electron chi connectivity index (χ3n) is 5.78. The summed E-state index contributed by atoms with van der Waals surface area (Å²) < 4.78 is 27.0. The fourth-order valence-corrected chi connectivity index (χ4v) is 5.53. The highest BCUT2D eigenvalue weighted by atomic mass is 32.2. The fraction of sp³-hybridized carbons (Fsp3) is 0.632. The molecule has 29 heavy (non-hydrogen) atoms. The van der Waals surface area contributed by atoms with Crippen LogP contribution in [-0.2, 0) is 14.8 Å². The maximum Gasteiger partial charge on any atom is 0.270 e. The summed E-state index contributed by atoms with van der Waals surface area (Å²) in [5.74, 6) is 0.117. The summed E-state index contributed by atoms with van der Waals surface area (Å²) in [6.07, 6.45) is 4.21. The molecule has 2 heterocycles. The molecule has 2 aliphatic heterocycles. The van der Waals surface area contributed by atoms with Crippen LogP contribution in [-0.4, -0.2) is 78.7 Å².